The van der Waals surface area contributed by atoms with Gasteiger partial charge in [0.15, 0.2) is 4.80 Å². The fourth-order valence-electron chi connectivity index (χ4n) is 5.09. The highest BCUT2D eigenvalue weighted by Gasteiger charge is 2.32. The second kappa shape index (κ2) is 9.59. The predicted octanol–water partition coefficient (Wildman–Crippen LogP) is 5.49. The van der Waals surface area contributed by atoms with Crippen molar-refractivity contribution in [1.29, 1.82) is 0 Å². The topological polar surface area (TPSA) is 43.6 Å². The summed E-state index contributed by atoms with van der Waals surface area (Å²) in [6.45, 7) is 0. The van der Waals surface area contributed by atoms with E-state index in [1.807, 2.05) is 59.2 Å². The van der Waals surface area contributed by atoms with E-state index in [0.717, 1.165) is 46.6 Å². The number of hydrogen-bond acceptors (Lipinski definition) is 4. The zero-order valence-electron chi connectivity index (χ0n) is 20.1. The number of methoxy groups -OCH3 is 1. The fraction of sp³-hybridized carbons (Fsp3) is 0.161. The fourth-order valence-corrected chi connectivity index (χ4v) is 6.10. The summed E-state index contributed by atoms with van der Waals surface area (Å²) in [6.07, 6.45) is 7.18. The van der Waals surface area contributed by atoms with E-state index >= 15 is 0 Å². The highest BCUT2D eigenvalue weighted by Crippen LogP contribution is 2.40. The second-order valence-corrected chi connectivity index (χ2v) is 10.1. The molecule has 4 nitrogen and oxygen atoms in total. The van der Waals surface area contributed by atoms with Gasteiger partial charge in [-0.2, -0.15) is 0 Å². The summed E-state index contributed by atoms with van der Waals surface area (Å²) in [6, 6.07) is 28.4. The normalized spacial score (nSPS) is 18.5. The lowest BCUT2D eigenvalue weighted by Crippen LogP contribution is -2.39. The van der Waals surface area contributed by atoms with Crippen LogP contribution >= 0.6 is 11.3 Å². The molecule has 36 heavy (non-hydrogen) atoms. The van der Waals surface area contributed by atoms with Gasteiger partial charge in [-0.3, -0.25) is 9.36 Å². The number of nitrogens with zero attached hydrogens (tertiary/aromatic N) is 2. The Morgan fingerprint density at radius 1 is 0.889 bits per heavy atom. The number of fused-ring (bicyclic) bond motifs is 1. The lowest BCUT2D eigenvalue weighted by Gasteiger charge is -2.31. The molecule has 5 heteroatoms. The summed E-state index contributed by atoms with van der Waals surface area (Å²) in [5, 5.41) is 0. The van der Waals surface area contributed by atoms with Gasteiger partial charge in [0.1, 0.15) is 5.75 Å². The first-order chi connectivity index (χ1) is 17.7. The van der Waals surface area contributed by atoms with E-state index < -0.39 is 0 Å². The summed E-state index contributed by atoms with van der Waals surface area (Å²) in [5.74, 6) is 0.795. The van der Waals surface area contributed by atoms with Crippen LogP contribution in [0, 0.1) is 0 Å². The highest BCUT2D eigenvalue weighted by atomic mass is 32.1. The molecular weight excluding hydrogens is 464 g/mol. The Bertz CT molecular complexity index is 1640. The van der Waals surface area contributed by atoms with Crippen molar-refractivity contribution < 1.29 is 4.74 Å². The minimum absolute atomic E-state index is 0.00846. The summed E-state index contributed by atoms with van der Waals surface area (Å²) in [4.78, 5) is 19.7. The Kier molecular flexibility index (Phi) is 5.99. The van der Waals surface area contributed by atoms with E-state index in [-0.39, 0.29) is 11.6 Å². The minimum Gasteiger partial charge on any atom is -0.497 e. The van der Waals surface area contributed by atoms with Crippen molar-refractivity contribution in [3.05, 3.63) is 138 Å². The van der Waals surface area contributed by atoms with Gasteiger partial charge in [-0.05, 0) is 71.4 Å². The largest absolute Gasteiger partial charge is 0.497 e. The highest BCUT2D eigenvalue weighted by molar-refractivity contribution is 7.07. The van der Waals surface area contributed by atoms with Gasteiger partial charge in [-0.25, -0.2) is 4.99 Å². The first-order valence-corrected chi connectivity index (χ1v) is 13.0. The first-order valence-electron chi connectivity index (χ1n) is 12.2. The number of benzene rings is 3. The molecule has 0 unspecified atom stereocenters. The van der Waals surface area contributed by atoms with Crippen LogP contribution in [0.25, 0.3) is 12.2 Å². The van der Waals surface area contributed by atoms with Crippen LogP contribution in [0.5, 0.6) is 5.75 Å². The number of allylic oxidation sites excluding steroid dienone is 2. The lowest BCUT2D eigenvalue weighted by molar-refractivity contribution is 0.415. The van der Waals surface area contributed by atoms with Crippen LogP contribution < -0.4 is 19.6 Å². The Morgan fingerprint density at radius 3 is 2.31 bits per heavy atom. The van der Waals surface area contributed by atoms with Crippen LogP contribution in [0.15, 0.2) is 112 Å². The van der Waals surface area contributed by atoms with Crippen LogP contribution in [0.4, 0.5) is 0 Å². The monoisotopic (exact) mass is 490 g/mol. The first kappa shape index (κ1) is 22.5. The Hall–Kier alpha value is -3.96. The molecule has 1 atom stereocenters. The van der Waals surface area contributed by atoms with E-state index in [4.69, 9.17) is 9.73 Å². The molecule has 178 valence electrons. The van der Waals surface area contributed by atoms with Gasteiger partial charge in [0.2, 0.25) is 0 Å². The number of hydrogen-bond donors (Lipinski definition) is 0. The second-order valence-electron chi connectivity index (χ2n) is 9.07. The molecule has 0 spiro atoms. The molecule has 2 heterocycles. The van der Waals surface area contributed by atoms with Crippen LogP contribution in [-0.2, 0) is 0 Å². The Labute approximate surface area is 213 Å². The van der Waals surface area contributed by atoms with Crippen molar-refractivity contribution in [3.63, 3.8) is 0 Å². The standard InChI is InChI=1S/C31H26N2O2S/c1-35-25-17-15-22(16-18-25)20-27-30(34)33-29(23-11-6-3-7-12-23)26-14-8-13-24(28(26)32-31(33)36-27)19-21-9-4-2-5-10-21/h2-7,9-12,15-20,29H,8,13-14H2,1H3/b24-19-,27-20+/t29-/m0/s1. The molecule has 0 amide bonds. The van der Waals surface area contributed by atoms with E-state index in [1.54, 1.807) is 7.11 Å². The maximum atomic E-state index is 13.8. The number of ether oxygens (including phenoxy) is 1. The average Bonchev–Trinajstić information content (AvgIpc) is 3.23. The lowest BCUT2D eigenvalue weighted by atomic mass is 9.84. The quantitative estimate of drug-likeness (QED) is 0.380. The van der Waals surface area contributed by atoms with Crippen molar-refractivity contribution in [1.82, 2.24) is 4.57 Å². The smallest absolute Gasteiger partial charge is 0.271 e. The molecule has 1 aliphatic heterocycles. The van der Waals surface area contributed by atoms with Crippen molar-refractivity contribution in [3.8, 4) is 5.75 Å². The van der Waals surface area contributed by atoms with Crippen LogP contribution in [0.2, 0.25) is 0 Å². The van der Waals surface area contributed by atoms with E-state index in [1.165, 1.54) is 28.0 Å². The molecule has 0 saturated carbocycles. The molecule has 0 N–H and O–H groups in total. The van der Waals surface area contributed by atoms with Gasteiger partial charge in [0.25, 0.3) is 5.56 Å². The molecule has 4 aromatic rings. The number of aromatic nitrogens is 1. The molecule has 3 aromatic carbocycles. The molecule has 0 bridgehead atoms. The molecular formula is C31H26N2O2S. The van der Waals surface area contributed by atoms with Gasteiger partial charge in [0.05, 0.1) is 23.4 Å². The summed E-state index contributed by atoms with van der Waals surface area (Å²) in [5.41, 5.74) is 6.80. The van der Waals surface area contributed by atoms with E-state index in [0.29, 0.717) is 4.53 Å². The maximum absolute atomic E-state index is 13.8. The Morgan fingerprint density at radius 2 is 1.58 bits per heavy atom. The van der Waals surface area contributed by atoms with Crippen molar-refractivity contribution in [2.24, 2.45) is 4.99 Å². The Balaban J connectivity index is 1.55. The van der Waals surface area contributed by atoms with Gasteiger partial charge in [0, 0.05) is 0 Å². The summed E-state index contributed by atoms with van der Waals surface area (Å²) in [7, 11) is 1.65. The zero-order valence-corrected chi connectivity index (χ0v) is 20.9. The third-order valence-corrected chi connectivity index (χ3v) is 7.79. The SMILES string of the molecule is COc1ccc(/C=c2/sc3n(c2=O)[C@@H](c2ccccc2)C2=C(N=3)/C(=C\c3ccccc3)CCC2)cc1. The predicted molar refractivity (Wildman–Crippen MR) is 146 cm³/mol. The molecule has 6 rings (SSSR count). The molecule has 1 aliphatic carbocycles. The summed E-state index contributed by atoms with van der Waals surface area (Å²) >= 11 is 1.46. The average molecular weight is 491 g/mol. The van der Waals surface area contributed by atoms with Gasteiger partial charge < -0.3 is 4.74 Å². The van der Waals surface area contributed by atoms with Crippen molar-refractivity contribution in [2.75, 3.05) is 7.11 Å². The molecule has 2 aliphatic rings. The van der Waals surface area contributed by atoms with Gasteiger partial charge in [-0.1, -0.05) is 84.1 Å². The molecule has 0 radical (unpaired) electrons. The molecule has 0 fully saturated rings. The van der Waals surface area contributed by atoms with Gasteiger partial charge >= 0.3 is 0 Å². The van der Waals surface area contributed by atoms with E-state index in [2.05, 4.69) is 42.5 Å². The molecule has 0 saturated heterocycles. The minimum atomic E-state index is -0.144. The molecule has 1 aromatic heterocycles. The van der Waals surface area contributed by atoms with E-state index in [9.17, 15) is 4.79 Å². The summed E-state index contributed by atoms with van der Waals surface area (Å²) < 4.78 is 7.87. The van der Waals surface area contributed by atoms with Crippen molar-refractivity contribution in [2.45, 2.75) is 25.3 Å². The zero-order chi connectivity index (χ0) is 24.5. The third kappa shape index (κ3) is 4.16. The van der Waals surface area contributed by atoms with Gasteiger partial charge in [-0.15, -0.1) is 0 Å². The maximum Gasteiger partial charge on any atom is 0.271 e. The number of thiazole rings is 1. The van der Waals surface area contributed by atoms with Crippen LogP contribution in [-0.4, -0.2) is 11.7 Å². The third-order valence-electron chi connectivity index (χ3n) is 6.80. The van der Waals surface area contributed by atoms with Crippen molar-refractivity contribution >= 4 is 23.5 Å². The van der Waals surface area contributed by atoms with Crippen LogP contribution in [0.1, 0.15) is 42.0 Å². The van der Waals surface area contributed by atoms with Crippen LogP contribution in [0.3, 0.4) is 0 Å². The number of rotatable bonds is 4.